The molecule has 0 bridgehead atoms. The van der Waals surface area contributed by atoms with Gasteiger partial charge in [0.25, 0.3) is 0 Å². The average Bonchev–Trinajstić information content (AvgIpc) is 2.88. The molecule has 0 aromatic heterocycles. The topological polar surface area (TPSA) is 121 Å². The van der Waals surface area contributed by atoms with Gasteiger partial charge >= 0.3 is 0 Å². The molecule has 4 atom stereocenters. The highest BCUT2D eigenvalue weighted by Gasteiger charge is 2.31. The Labute approximate surface area is 221 Å². The Balaban J connectivity index is 4.43. The van der Waals surface area contributed by atoms with E-state index in [9.17, 15) is 25.2 Å². The third-order valence-electron chi connectivity index (χ3n) is 7.11. The molecule has 216 valence electrons. The maximum absolute atomic E-state index is 12.9. The first-order valence-corrected chi connectivity index (χ1v) is 15.0. The van der Waals surface area contributed by atoms with E-state index in [1.165, 1.54) is 77.0 Å². The van der Waals surface area contributed by atoms with Crippen molar-refractivity contribution < 1.29 is 30.3 Å². The summed E-state index contributed by atoms with van der Waals surface area (Å²) in [6, 6.07) is 0. The highest BCUT2D eigenvalue weighted by Crippen LogP contribution is 2.15. The lowest BCUT2D eigenvalue weighted by atomic mass is 10.0. The molecule has 0 rings (SSSR count). The summed E-state index contributed by atoms with van der Waals surface area (Å²) in [5.41, 5.74) is 0. The molecule has 0 aromatic carbocycles. The number of aliphatic hydroxyl groups excluding tert-OH is 5. The van der Waals surface area contributed by atoms with Gasteiger partial charge < -0.3 is 30.4 Å². The first kappa shape index (κ1) is 35.3. The van der Waals surface area contributed by atoms with Crippen LogP contribution in [0.4, 0.5) is 0 Å². The number of carbonyl (C=O) groups excluding carboxylic acids is 1. The number of hydrogen-bond donors (Lipinski definition) is 5. The average molecular weight is 518 g/mol. The molecule has 0 unspecified atom stereocenters. The van der Waals surface area contributed by atoms with Gasteiger partial charge in [0, 0.05) is 19.5 Å². The summed E-state index contributed by atoms with van der Waals surface area (Å²) in [6.45, 7) is 4.12. The number of unbranched alkanes of at least 4 members (excludes halogenated alkanes) is 16. The second-order valence-corrected chi connectivity index (χ2v) is 10.5. The molecule has 0 spiro atoms. The standard InChI is InChI=1S/C29H59NO6/c1-3-5-7-9-11-12-13-14-15-17-19-21-27(34)30(22-20-18-16-10-8-6-4-2)23-25(32)28(35)29(36)26(33)24-31/h25-26,28-29,31-33,35-36H,3-24H2,1-2H3/t25-,26+,28+,29+/m0/s1. The first-order valence-electron chi connectivity index (χ1n) is 15.0. The molecule has 0 aliphatic heterocycles. The lowest BCUT2D eigenvalue weighted by Gasteiger charge is -2.30. The molecule has 7 heteroatoms. The van der Waals surface area contributed by atoms with Crippen LogP contribution in [0.1, 0.15) is 136 Å². The van der Waals surface area contributed by atoms with Gasteiger partial charge in [-0.15, -0.1) is 0 Å². The van der Waals surface area contributed by atoms with Crippen molar-refractivity contribution in [2.75, 3.05) is 19.7 Å². The second-order valence-electron chi connectivity index (χ2n) is 10.5. The smallest absolute Gasteiger partial charge is 0.222 e. The third-order valence-corrected chi connectivity index (χ3v) is 7.11. The molecule has 5 N–H and O–H groups in total. The summed E-state index contributed by atoms with van der Waals surface area (Å²) in [5, 5.41) is 49.1. The fraction of sp³-hybridized carbons (Fsp3) is 0.966. The zero-order chi connectivity index (χ0) is 27.0. The third kappa shape index (κ3) is 18.5. The molecule has 0 aliphatic carbocycles. The van der Waals surface area contributed by atoms with E-state index in [4.69, 9.17) is 5.11 Å². The van der Waals surface area contributed by atoms with Crippen LogP contribution in [0.15, 0.2) is 0 Å². The van der Waals surface area contributed by atoms with Gasteiger partial charge in [0.15, 0.2) is 0 Å². The van der Waals surface area contributed by atoms with Crippen LogP contribution < -0.4 is 0 Å². The van der Waals surface area contributed by atoms with Gasteiger partial charge in [0.1, 0.15) is 24.4 Å². The van der Waals surface area contributed by atoms with E-state index in [0.717, 1.165) is 38.5 Å². The predicted octanol–water partition coefficient (Wildman–Crippen LogP) is 4.70. The van der Waals surface area contributed by atoms with Crippen molar-refractivity contribution in [1.82, 2.24) is 4.90 Å². The highest BCUT2D eigenvalue weighted by atomic mass is 16.4. The van der Waals surface area contributed by atoms with E-state index in [1.807, 2.05) is 0 Å². The normalized spacial score (nSPS) is 15.0. The Kier molecular flexibility index (Phi) is 24.1. The van der Waals surface area contributed by atoms with Crippen molar-refractivity contribution in [1.29, 1.82) is 0 Å². The second kappa shape index (κ2) is 24.6. The number of nitrogens with zero attached hydrogens (tertiary/aromatic N) is 1. The number of hydrogen-bond acceptors (Lipinski definition) is 6. The summed E-state index contributed by atoms with van der Waals surface area (Å²) in [4.78, 5) is 14.5. The molecule has 0 saturated heterocycles. The molecule has 36 heavy (non-hydrogen) atoms. The molecule has 0 aliphatic rings. The Morgan fingerprint density at radius 2 is 0.972 bits per heavy atom. The predicted molar refractivity (Wildman–Crippen MR) is 147 cm³/mol. The Morgan fingerprint density at radius 1 is 0.583 bits per heavy atom. The largest absolute Gasteiger partial charge is 0.394 e. The van der Waals surface area contributed by atoms with Crippen LogP contribution in [0.25, 0.3) is 0 Å². The van der Waals surface area contributed by atoms with Crippen LogP contribution in [-0.2, 0) is 4.79 Å². The molecular weight excluding hydrogens is 458 g/mol. The minimum atomic E-state index is -1.67. The molecule has 0 radical (unpaired) electrons. The quantitative estimate of drug-likeness (QED) is 0.106. The van der Waals surface area contributed by atoms with Gasteiger partial charge in [-0.05, 0) is 12.8 Å². The molecule has 7 nitrogen and oxygen atoms in total. The van der Waals surface area contributed by atoms with E-state index in [2.05, 4.69) is 13.8 Å². The van der Waals surface area contributed by atoms with Crippen LogP contribution in [0.3, 0.4) is 0 Å². The lowest BCUT2D eigenvalue weighted by Crippen LogP contribution is -2.50. The Hall–Kier alpha value is -0.730. The van der Waals surface area contributed by atoms with Gasteiger partial charge in [-0.3, -0.25) is 4.79 Å². The summed E-state index contributed by atoms with van der Waals surface area (Å²) >= 11 is 0. The monoisotopic (exact) mass is 517 g/mol. The maximum atomic E-state index is 12.9. The minimum absolute atomic E-state index is 0.0413. The van der Waals surface area contributed by atoms with Crippen LogP contribution in [0.2, 0.25) is 0 Å². The van der Waals surface area contributed by atoms with Crippen LogP contribution in [0, 0.1) is 0 Å². The summed E-state index contributed by atoms with van der Waals surface area (Å²) in [7, 11) is 0. The van der Waals surface area contributed by atoms with E-state index < -0.39 is 31.0 Å². The molecule has 0 saturated carbocycles. The van der Waals surface area contributed by atoms with Crippen molar-refractivity contribution >= 4 is 5.91 Å². The van der Waals surface area contributed by atoms with Crippen molar-refractivity contribution in [3.63, 3.8) is 0 Å². The van der Waals surface area contributed by atoms with Gasteiger partial charge in [-0.1, -0.05) is 117 Å². The fourth-order valence-corrected chi connectivity index (χ4v) is 4.57. The number of carbonyl (C=O) groups is 1. The van der Waals surface area contributed by atoms with Gasteiger partial charge in [-0.2, -0.15) is 0 Å². The van der Waals surface area contributed by atoms with Crippen LogP contribution >= 0.6 is 0 Å². The molecular formula is C29H59NO6. The summed E-state index contributed by atoms with van der Waals surface area (Å²) in [6.07, 6.45) is 15.3. The number of aliphatic hydroxyl groups is 5. The van der Waals surface area contributed by atoms with Crippen molar-refractivity contribution in [3.8, 4) is 0 Å². The van der Waals surface area contributed by atoms with E-state index in [-0.39, 0.29) is 12.5 Å². The van der Waals surface area contributed by atoms with Crippen molar-refractivity contribution in [2.24, 2.45) is 0 Å². The molecule has 0 aromatic rings. The summed E-state index contributed by atoms with van der Waals surface area (Å²) in [5.74, 6) is -0.0413. The minimum Gasteiger partial charge on any atom is -0.394 e. The van der Waals surface area contributed by atoms with Crippen molar-refractivity contribution in [3.05, 3.63) is 0 Å². The first-order chi connectivity index (χ1) is 17.4. The Morgan fingerprint density at radius 3 is 1.42 bits per heavy atom. The van der Waals surface area contributed by atoms with E-state index >= 15 is 0 Å². The molecule has 1 amide bonds. The lowest BCUT2D eigenvalue weighted by molar-refractivity contribution is -0.140. The van der Waals surface area contributed by atoms with Gasteiger partial charge in [0.2, 0.25) is 5.91 Å². The fourth-order valence-electron chi connectivity index (χ4n) is 4.57. The zero-order valence-electron chi connectivity index (χ0n) is 23.5. The molecule has 0 heterocycles. The van der Waals surface area contributed by atoms with Gasteiger partial charge in [0.05, 0.1) is 6.61 Å². The van der Waals surface area contributed by atoms with Crippen molar-refractivity contribution in [2.45, 2.75) is 160 Å². The van der Waals surface area contributed by atoms with E-state index in [0.29, 0.717) is 13.0 Å². The zero-order valence-corrected chi connectivity index (χ0v) is 23.5. The molecule has 0 fully saturated rings. The number of amides is 1. The maximum Gasteiger partial charge on any atom is 0.222 e. The van der Waals surface area contributed by atoms with Gasteiger partial charge in [-0.25, -0.2) is 0 Å². The highest BCUT2D eigenvalue weighted by molar-refractivity contribution is 5.76. The van der Waals surface area contributed by atoms with E-state index in [1.54, 1.807) is 4.90 Å². The van der Waals surface area contributed by atoms with Crippen LogP contribution in [-0.4, -0.2) is 80.5 Å². The number of rotatable bonds is 26. The SMILES string of the molecule is CCCCCCCCCCCCCC(=O)N(CCCCCCCCC)C[C@H](O)[C@@H](O)[C@H](O)[C@H](O)CO. The summed E-state index contributed by atoms with van der Waals surface area (Å²) < 4.78 is 0. The Bertz CT molecular complexity index is 492. The van der Waals surface area contributed by atoms with Crippen LogP contribution in [0.5, 0.6) is 0 Å².